The first kappa shape index (κ1) is 17.2. The SMILES string of the molecule is C=CCNC(=O)c1cnn(-c2ccccc2)c1NC(=O)c1ccccc1. The van der Waals surface area contributed by atoms with Crippen LogP contribution in [0.1, 0.15) is 20.7 Å². The van der Waals surface area contributed by atoms with Crippen molar-refractivity contribution in [3.63, 3.8) is 0 Å². The quantitative estimate of drug-likeness (QED) is 0.674. The number of nitrogens with zero attached hydrogens (tertiary/aromatic N) is 2. The predicted octanol–water partition coefficient (Wildman–Crippen LogP) is 3.04. The number of anilines is 1. The monoisotopic (exact) mass is 346 g/mol. The van der Waals surface area contributed by atoms with Gasteiger partial charge in [-0.25, -0.2) is 4.68 Å². The number of benzene rings is 2. The third kappa shape index (κ3) is 3.70. The van der Waals surface area contributed by atoms with E-state index in [0.717, 1.165) is 5.69 Å². The number of carbonyl (C=O) groups excluding carboxylic acids is 2. The Hall–Kier alpha value is -3.67. The maximum Gasteiger partial charge on any atom is 0.256 e. The summed E-state index contributed by atoms with van der Waals surface area (Å²) in [5.41, 5.74) is 1.50. The lowest BCUT2D eigenvalue weighted by Gasteiger charge is -2.11. The molecule has 0 unspecified atom stereocenters. The Kier molecular flexibility index (Phi) is 5.24. The van der Waals surface area contributed by atoms with Crippen molar-refractivity contribution < 1.29 is 9.59 Å². The van der Waals surface area contributed by atoms with Crippen LogP contribution in [0, 0.1) is 0 Å². The molecule has 1 heterocycles. The molecule has 3 rings (SSSR count). The van der Waals surface area contributed by atoms with Gasteiger partial charge in [0.15, 0.2) is 0 Å². The average molecular weight is 346 g/mol. The van der Waals surface area contributed by atoms with Gasteiger partial charge in [0.05, 0.1) is 11.9 Å². The fourth-order valence-corrected chi connectivity index (χ4v) is 2.43. The van der Waals surface area contributed by atoms with Crippen LogP contribution in [0.5, 0.6) is 0 Å². The van der Waals surface area contributed by atoms with Gasteiger partial charge in [-0.05, 0) is 24.3 Å². The smallest absolute Gasteiger partial charge is 0.256 e. The molecule has 0 saturated carbocycles. The van der Waals surface area contributed by atoms with Crippen LogP contribution in [0.2, 0.25) is 0 Å². The van der Waals surface area contributed by atoms with Crippen molar-refractivity contribution in [2.45, 2.75) is 0 Å². The van der Waals surface area contributed by atoms with Gasteiger partial charge in [0, 0.05) is 12.1 Å². The lowest BCUT2D eigenvalue weighted by Crippen LogP contribution is -2.25. The molecule has 0 spiro atoms. The maximum absolute atomic E-state index is 12.6. The van der Waals surface area contributed by atoms with Gasteiger partial charge >= 0.3 is 0 Å². The fourth-order valence-electron chi connectivity index (χ4n) is 2.43. The highest BCUT2D eigenvalue weighted by atomic mass is 16.2. The van der Waals surface area contributed by atoms with E-state index < -0.39 is 0 Å². The lowest BCUT2D eigenvalue weighted by molar-refractivity contribution is 0.0959. The predicted molar refractivity (Wildman–Crippen MR) is 100 cm³/mol. The van der Waals surface area contributed by atoms with E-state index >= 15 is 0 Å². The summed E-state index contributed by atoms with van der Waals surface area (Å²) in [6, 6.07) is 18.1. The van der Waals surface area contributed by atoms with Crippen LogP contribution in [0.4, 0.5) is 5.82 Å². The number of nitrogens with one attached hydrogen (secondary N) is 2. The molecule has 26 heavy (non-hydrogen) atoms. The summed E-state index contributed by atoms with van der Waals surface area (Å²) in [6.07, 6.45) is 3.02. The van der Waals surface area contributed by atoms with Gasteiger partial charge in [0.2, 0.25) is 0 Å². The molecule has 0 aliphatic heterocycles. The van der Waals surface area contributed by atoms with Crippen LogP contribution in [0.3, 0.4) is 0 Å². The molecule has 6 nitrogen and oxygen atoms in total. The largest absolute Gasteiger partial charge is 0.348 e. The zero-order valence-corrected chi connectivity index (χ0v) is 14.1. The summed E-state index contributed by atoms with van der Waals surface area (Å²) in [5, 5.41) is 9.79. The first-order valence-corrected chi connectivity index (χ1v) is 8.09. The molecule has 2 aromatic carbocycles. The molecule has 2 N–H and O–H groups in total. The minimum Gasteiger partial charge on any atom is -0.348 e. The van der Waals surface area contributed by atoms with Crippen LogP contribution in [0.15, 0.2) is 79.5 Å². The van der Waals surface area contributed by atoms with Crippen LogP contribution in [0.25, 0.3) is 5.69 Å². The van der Waals surface area contributed by atoms with Gasteiger partial charge in [-0.15, -0.1) is 6.58 Å². The molecule has 0 atom stereocenters. The van der Waals surface area contributed by atoms with Gasteiger partial charge < -0.3 is 10.6 Å². The fraction of sp³-hybridized carbons (Fsp3) is 0.0500. The van der Waals surface area contributed by atoms with Crippen LogP contribution in [-0.2, 0) is 0 Å². The van der Waals surface area contributed by atoms with E-state index in [4.69, 9.17) is 0 Å². The molecular weight excluding hydrogens is 328 g/mol. The number of hydrogen-bond donors (Lipinski definition) is 2. The summed E-state index contributed by atoms with van der Waals surface area (Å²) in [7, 11) is 0. The minimum absolute atomic E-state index is 0.278. The van der Waals surface area contributed by atoms with Crippen LogP contribution in [-0.4, -0.2) is 28.1 Å². The second-order valence-corrected chi connectivity index (χ2v) is 5.47. The maximum atomic E-state index is 12.6. The van der Waals surface area contributed by atoms with E-state index in [1.54, 1.807) is 30.3 Å². The Balaban J connectivity index is 1.99. The highest BCUT2D eigenvalue weighted by molar-refractivity contribution is 6.08. The number of amides is 2. The van der Waals surface area contributed by atoms with E-state index in [1.807, 2.05) is 36.4 Å². The Morgan fingerprint density at radius 1 is 1.00 bits per heavy atom. The lowest BCUT2D eigenvalue weighted by atomic mass is 10.2. The van der Waals surface area contributed by atoms with Gasteiger partial charge in [-0.1, -0.05) is 42.5 Å². The zero-order chi connectivity index (χ0) is 18.4. The van der Waals surface area contributed by atoms with E-state index in [0.29, 0.717) is 17.9 Å². The molecule has 0 bridgehead atoms. The Morgan fingerprint density at radius 3 is 2.31 bits per heavy atom. The molecule has 0 fully saturated rings. The highest BCUT2D eigenvalue weighted by Crippen LogP contribution is 2.21. The van der Waals surface area contributed by atoms with E-state index in [1.165, 1.54) is 10.9 Å². The van der Waals surface area contributed by atoms with E-state index in [9.17, 15) is 9.59 Å². The Bertz CT molecular complexity index is 917. The number of para-hydroxylation sites is 1. The molecule has 0 aliphatic rings. The van der Waals surface area contributed by atoms with Crippen molar-refractivity contribution in [3.05, 3.63) is 90.6 Å². The third-order valence-electron chi connectivity index (χ3n) is 3.69. The Labute approximate surface area is 151 Å². The molecule has 6 heteroatoms. The molecule has 0 aliphatic carbocycles. The molecule has 0 radical (unpaired) electrons. The first-order chi connectivity index (χ1) is 12.7. The normalized spacial score (nSPS) is 10.2. The number of aromatic nitrogens is 2. The van der Waals surface area contributed by atoms with Crippen molar-refractivity contribution >= 4 is 17.6 Å². The molecule has 2 amide bonds. The van der Waals surface area contributed by atoms with Crippen LogP contribution >= 0.6 is 0 Å². The number of rotatable bonds is 6. The summed E-state index contributed by atoms with van der Waals surface area (Å²) < 4.78 is 1.53. The third-order valence-corrected chi connectivity index (χ3v) is 3.69. The minimum atomic E-state index is -0.338. The van der Waals surface area contributed by atoms with Gasteiger partial charge in [0.1, 0.15) is 11.4 Å². The molecule has 1 aromatic heterocycles. The summed E-state index contributed by atoms with van der Waals surface area (Å²) >= 11 is 0. The van der Waals surface area contributed by atoms with Crippen molar-refractivity contribution in [2.24, 2.45) is 0 Å². The van der Waals surface area contributed by atoms with Crippen molar-refractivity contribution in [1.82, 2.24) is 15.1 Å². The van der Waals surface area contributed by atoms with Gasteiger partial charge in [0.25, 0.3) is 11.8 Å². The molecule has 0 saturated heterocycles. The van der Waals surface area contributed by atoms with Crippen molar-refractivity contribution in [3.8, 4) is 5.69 Å². The van der Waals surface area contributed by atoms with E-state index in [2.05, 4.69) is 22.3 Å². The van der Waals surface area contributed by atoms with Gasteiger partial charge in [-0.2, -0.15) is 5.10 Å². The average Bonchev–Trinajstić information content (AvgIpc) is 3.11. The summed E-state index contributed by atoms with van der Waals surface area (Å²) in [4.78, 5) is 25.0. The zero-order valence-electron chi connectivity index (χ0n) is 14.1. The molecule has 3 aromatic rings. The first-order valence-electron chi connectivity index (χ1n) is 8.09. The van der Waals surface area contributed by atoms with Crippen LogP contribution < -0.4 is 10.6 Å². The van der Waals surface area contributed by atoms with E-state index in [-0.39, 0.29) is 17.4 Å². The highest BCUT2D eigenvalue weighted by Gasteiger charge is 2.20. The summed E-state index contributed by atoms with van der Waals surface area (Å²) in [6.45, 7) is 3.91. The van der Waals surface area contributed by atoms with Gasteiger partial charge in [-0.3, -0.25) is 9.59 Å². The van der Waals surface area contributed by atoms with Crippen molar-refractivity contribution in [2.75, 3.05) is 11.9 Å². The Morgan fingerprint density at radius 2 is 1.65 bits per heavy atom. The summed E-state index contributed by atoms with van der Waals surface area (Å²) in [5.74, 6) is -0.344. The van der Waals surface area contributed by atoms with Crippen molar-refractivity contribution in [1.29, 1.82) is 0 Å². The number of carbonyl (C=O) groups is 2. The second-order valence-electron chi connectivity index (χ2n) is 5.47. The standard InChI is InChI=1S/C20H18N4O2/c1-2-13-21-20(26)17-14-22-24(16-11-7-4-8-12-16)18(17)23-19(25)15-9-5-3-6-10-15/h2-12,14H,1,13H2,(H,21,26)(H,23,25). The topological polar surface area (TPSA) is 76.0 Å². The molecule has 130 valence electrons. The molecular formula is C20H18N4O2. The second kappa shape index (κ2) is 7.94. The number of hydrogen-bond acceptors (Lipinski definition) is 3.